The van der Waals surface area contributed by atoms with Gasteiger partial charge in [-0.25, -0.2) is 19.2 Å². The molecular weight excluding hydrogens is 688 g/mol. The van der Waals surface area contributed by atoms with Crippen LogP contribution in [0, 0.1) is 82.3 Å². The molecule has 0 aromatic heterocycles. The van der Waals surface area contributed by atoms with E-state index in [0.29, 0.717) is 11.3 Å². The second kappa shape index (κ2) is 16.2. The highest BCUT2D eigenvalue weighted by molar-refractivity contribution is 5.81. The largest absolute Gasteiger partial charge is 0.511 e. The predicted molar refractivity (Wildman–Crippen MR) is 204 cm³/mol. The molecule has 0 spiro atoms. The number of ether oxygens (including phenoxy) is 6. The minimum absolute atomic E-state index is 0. The molecule has 13 saturated carbocycles. The van der Waals surface area contributed by atoms with Crippen LogP contribution in [0.3, 0.4) is 0 Å². The Balaban J connectivity index is 0.000000197. The van der Waals surface area contributed by atoms with Gasteiger partial charge in [-0.15, -0.1) is 0 Å². The zero-order valence-electron chi connectivity index (χ0n) is 30.3. The highest BCUT2D eigenvalue weighted by Crippen LogP contribution is 2.75. The zero-order chi connectivity index (χ0) is 35.7. The van der Waals surface area contributed by atoms with Crippen molar-refractivity contribution in [2.24, 2.45) is 82.3 Å². The van der Waals surface area contributed by atoms with E-state index in [0.717, 1.165) is 109 Å². The fourth-order valence-corrected chi connectivity index (χ4v) is 14.6. The first-order valence-electron chi connectivity index (χ1n) is 19.8. The van der Waals surface area contributed by atoms with Crippen molar-refractivity contribution >= 4 is 24.2 Å². The summed E-state index contributed by atoms with van der Waals surface area (Å²) in [5, 5.41) is 0. The van der Waals surface area contributed by atoms with Gasteiger partial charge in [0, 0.05) is 12.2 Å². The maximum Gasteiger partial charge on any atom is 0.511 e. The summed E-state index contributed by atoms with van der Waals surface area (Å²) in [6, 6.07) is 0. The maximum atomic E-state index is 12.1. The number of esters is 2. The third-order valence-corrected chi connectivity index (χ3v) is 15.8. The Labute approximate surface area is 323 Å². The van der Waals surface area contributed by atoms with Crippen molar-refractivity contribution in [3.8, 4) is 0 Å². The van der Waals surface area contributed by atoms with E-state index in [1.54, 1.807) is 0 Å². The molecule has 0 amide bonds. The van der Waals surface area contributed by atoms with Gasteiger partial charge in [0.05, 0.1) is 0 Å². The van der Waals surface area contributed by atoms with Crippen LogP contribution in [0.2, 0.25) is 0 Å². The summed E-state index contributed by atoms with van der Waals surface area (Å²) >= 11 is 0. The minimum Gasteiger partial charge on any atom is -0.459 e. The fraction of sp³-hybridized carbons (Fsp3) is 0.818. The first-order valence-corrected chi connectivity index (χ1v) is 19.8. The van der Waals surface area contributed by atoms with Crippen LogP contribution in [0.15, 0.2) is 25.3 Å². The molecule has 12 bridgehead atoms. The van der Waals surface area contributed by atoms with Crippen molar-refractivity contribution in [2.75, 3.05) is 20.0 Å². The van der Waals surface area contributed by atoms with Crippen LogP contribution in [0.1, 0.15) is 113 Å². The average molecular weight is 757 g/mol. The van der Waals surface area contributed by atoms with E-state index in [1.165, 1.54) is 51.4 Å². The Hall–Kier alpha value is -3.04. The molecule has 0 aliphatic heterocycles. The third-order valence-electron chi connectivity index (χ3n) is 15.8. The average Bonchev–Trinajstić information content (AvgIpc) is 3.12. The molecule has 0 saturated heterocycles. The van der Waals surface area contributed by atoms with Crippen molar-refractivity contribution in [2.45, 2.75) is 125 Å². The molecule has 0 aromatic carbocycles. The van der Waals surface area contributed by atoms with E-state index >= 15 is 0 Å². The Kier molecular flexibility index (Phi) is 12.6. The molecule has 0 heterocycles. The maximum absolute atomic E-state index is 12.1. The van der Waals surface area contributed by atoms with Crippen LogP contribution in [-0.2, 0) is 38.0 Å². The molecule has 0 radical (unpaired) electrons. The molecule has 304 valence electrons. The predicted octanol–water partition coefficient (Wildman–Crippen LogP) is 9.55. The molecule has 13 fully saturated rings. The summed E-state index contributed by atoms with van der Waals surface area (Å²) < 4.78 is 31.1. The molecular formula is C44H68O10. The van der Waals surface area contributed by atoms with E-state index < -0.39 is 31.0 Å². The van der Waals surface area contributed by atoms with E-state index in [-0.39, 0.29) is 47.2 Å². The van der Waals surface area contributed by atoms with Crippen LogP contribution < -0.4 is 0 Å². The van der Waals surface area contributed by atoms with E-state index in [1.807, 2.05) is 0 Å². The van der Waals surface area contributed by atoms with Gasteiger partial charge >= 0.3 is 24.2 Å². The van der Waals surface area contributed by atoms with Crippen LogP contribution >= 0.6 is 0 Å². The summed E-state index contributed by atoms with van der Waals surface area (Å²) in [7, 11) is 0. The monoisotopic (exact) mass is 756 g/mol. The summed E-state index contributed by atoms with van der Waals surface area (Å²) in [5.41, 5.74) is 0.240. The van der Waals surface area contributed by atoms with Crippen LogP contribution in [-0.4, -0.2) is 56.0 Å². The topological polar surface area (TPSA) is 124 Å². The SMILES string of the molecule is C.C.C.C=CC(=O)OCCOC(=O)OC1CC2CCC1C1C3CCC(CC3C)C21.C=CC(=O)OCOC(=O)OC12CC3C4CC5(C)CC3C(C1)C(C5)C4C2. The summed E-state index contributed by atoms with van der Waals surface area (Å²) in [4.78, 5) is 46.2. The quantitative estimate of drug-likeness (QED) is 0.0739. The van der Waals surface area contributed by atoms with Gasteiger partial charge in [0.2, 0.25) is 6.79 Å². The highest BCUT2D eigenvalue weighted by Gasteiger charge is 2.70. The molecule has 0 N–H and O–H groups in total. The molecule has 13 rings (SSSR count). The highest BCUT2D eigenvalue weighted by atomic mass is 16.8. The molecule has 54 heavy (non-hydrogen) atoms. The fourth-order valence-electron chi connectivity index (χ4n) is 14.6. The van der Waals surface area contributed by atoms with Gasteiger partial charge in [0.25, 0.3) is 0 Å². The van der Waals surface area contributed by atoms with E-state index in [4.69, 9.17) is 28.4 Å². The van der Waals surface area contributed by atoms with Gasteiger partial charge in [0.1, 0.15) is 24.9 Å². The van der Waals surface area contributed by atoms with Crippen LogP contribution in [0.4, 0.5) is 9.59 Å². The van der Waals surface area contributed by atoms with Gasteiger partial charge in [0.15, 0.2) is 0 Å². The smallest absolute Gasteiger partial charge is 0.459 e. The molecule has 10 heteroatoms. The lowest BCUT2D eigenvalue weighted by molar-refractivity contribution is -0.275. The summed E-state index contributed by atoms with van der Waals surface area (Å²) in [6.07, 6.45) is 15.6. The summed E-state index contributed by atoms with van der Waals surface area (Å²) in [6.45, 7) is 11.2. The molecule has 13 aliphatic carbocycles. The normalized spacial score (nSPS) is 44.0. The molecule has 8 atom stereocenters. The van der Waals surface area contributed by atoms with Gasteiger partial charge in [-0.05, 0) is 159 Å². The molecule has 13 aliphatic rings. The lowest BCUT2D eigenvalue weighted by Gasteiger charge is -2.73. The Morgan fingerprint density at radius 1 is 0.611 bits per heavy atom. The zero-order valence-corrected chi connectivity index (χ0v) is 30.3. The number of hydrogen-bond donors (Lipinski definition) is 0. The number of carbonyl (C=O) groups excluding carboxylic acids is 4. The Morgan fingerprint density at radius 2 is 1.13 bits per heavy atom. The van der Waals surface area contributed by atoms with Crippen molar-refractivity contribution in [1.82, 2.24) is 0 Å². The Bertz CT molecular complexity index is 1360. The first kappa shape index (κ1) is 42.1. The molecule has 8 unspecified atom stereocenters. The van der Waals surface area contributed by atoms with Crippen molar-refractivity contribution in [1.29, 1.82) is 0 Å². The van der Waals surface area contributed by atoms with Crippen LogP contribution in [0.25, 0.3) is 0 Å². The van der Waals surface area contributed by atoms with Crippen molar-refractivity contribution < 1.29 is 47.6 Å². The third kappa shape index (κ3) is 7.45. The van der Waals surface area contributed by atoms with E-state index in [2.05, 4.69) is 27.0 Å². The lowest BCUT2D eigenvalue weighted by Crippen LogP contribution is -2.69. The number of carbonyl (C=O) groups is 4. The molecule has 10 nitrogen and oxygen atoms in total. The minimum atomic E-state index is -0.706. The van der Waals surface area contributed by atoms with Gasteiger partial charge < -0.3 is 28.4 Å². The lowest BCUT2D eigenvalue weighted by atomic mass is 9.32. The number of fused-ring (bicyclic) bond motifs is 4. The van der Waals surface area contributed by atoms with Crippen molar-refractivity contribution in [3.63, 3.8) is 0 Å². The number of hydrogen-bond acceptors (Lipinski definition) is 10. The van der Waals surface area contributed by atoms with Gasteiger partial charge in [-0.2, -0.15) is 0 Å². The van der Waals surface area contributed by atoms with E-state index in [9.17, 15) is 19.2 Å². The standard InChI is InChI=1S/C21H30O5.C20H26O5.3CH4/c1-3-18(22)24-8-9-25-21(23)26-17-11-14-5-7-16(17)20-15-6-4-13(19(14)20)10-12(15)2;1-3-17(21)23-10-24-18(22)25-20-7-14-11-4-19(2)5-12(14)16(9-20)13(6-19)15(11)8-20;;;/h3,12-17,19-20H,1,4-11H2,2H3;3,11-16H,1,4-10H2,2H3;3*1H4. The second-order valence-corrected chi connectivity index (χ2v) is 18.2. The second-order valence-electron chi connectivity index (χ2n) is 18.2. The molecule has 0 aromatic rings. The van der Waals surface area contributed by atoms with Gasteiger partial charge in [-0.3, -0.25) is 0 Å². The summed E-state index contributed by atoms with van der Waals surface area (Å²) in [5.74, 6) is 9.00. The Morgan fingerprint density at radius 3 is 1.70 bits per heavy atom. The van der Waals surface area contributed by atoms with Crippen LogP contribution in [0.5, 0.6) is 0 Å². The number of rotatable bonds is 9. The first-order chi connectivity index (χ1) is 24.5. The van der Waals surface area contributed by atoms with Gasteiger partial charge in [-0.1, -0.05) is 49.3 Å². The van der Waals surface area contributed by atoms with Crippen molar-refractivity contribution in [3.05, 3.63) is 25.3 Å².